The van der Waals surface area contributed by atoms with Gasteiger partial charge in [0.15, 0.2) is 0 Å². The number of benzene rings is 1. The minimum Gasteiger partial charge on any atom is -0.488 e. The normalized spacial score (nSPS) is 16.9. The Balaban J connectivity index is 1.36. The maximum atomic E-state index is 5.91. The molecule has 1 aliphatic rings. The van der Waals surface area contributed by atoms with Gasteiger partial charge < -0.3 is 10.1 Å². The molecule has 1 aromatic carbocycles. The van der Waals surface area contributed by atoms with Crippen molar-refractivity contribution in [3.8, 4) is 5.75 Å². The number of ether oxygens (including phenoxy) is 1. The summed E-state index contributed by atoms with van der Waals surface area (Å²) in [5.41, 5.74) is 1.29. The SMILES string of the molecule is Brc1ccc2c(c1)CC(CNCCCn1cccn1)O2. The first-order chi connectivity index (χ1) is 9.81. The molecule has 0 radical (unpaired) electrons. The Labute approximate surface area is 127 Å². The Kier molecular flexibility index (Phi) is 4.38. The lowest BCUT2D eigenvalue weighted by Gasteiger charge is -2.11. The lowest BCUT2D eigenvalue weighted by molar-refractivity contribution is 0.227. The van der Waals surface area contributed by atoms with Crippen LogP contribution < -0.4 is 10.1 Å². The van der Waals surface area contributed by atoms with Crippen LogP contribution in [0.5, 0.6) is 5.75 Å². The summed E-state index contributed by atoms with van der Waals surface area (Å²) in [6.07, 6.45) is 6.13. The van der Waals surface area contributed by atoms with Gasteiger partial charge in [0.05, 0.1) is 0 Å². The van der Waals surface area contributed by atoms with E-state index in [1.54, 1.807) is 0 Å². The molecule has 0 amide bonds. The molecule has 1 unspecified atom stereocenters. The number of hydrogen-bond acceptors (Lipinski definition) is 3. The molecule has 0 bridgehead atoms. The van der Waals surface area contributed by atoms with Crippen molar-refractivity contribution in [3.63, 3.8) is 0 Å². The van der Waals surface area contributed by atoms with Gasteiger partial charge in [0.1, 0.15) is 11.9 Å². The van der Waals surface area contributed by atoms with Crippen molar-refractivity contribution < 1.29 is 4.74 Å². The van der Waals surface area contributed by atoms with Crippen LogP contribution in [-0.2, 0) is 13.0 Å². The van der Waals surface area contributed by atoms with Gasteiger partial charge in [-0.1, -0.05) is 15.9 Å². The zero-order valence-electron chi connectivity index (χ0n) is 11.3. The molecular weight excluding hydrogens is 318 g/mol. The summed E-state index contributed by atoms with van der Waals surface area (Å²) in [6.45, 7) is 2.84. The van der Waals surface area contributed by atoms with Crippen molar-refractivity contribution in [2.75, 3.05) is 13.1 Å². The Morgan fingerprint density at radius 2 is 2.40 bits per heavy atom. The summed E-state index contributed by atoms with van der Waals surface area (Å²) < 4.78 is 8.99. The van der Waals surface area contributed by atoms with E-state index in [1.807, 2.05) is 35.3 Å². The molecule has 1 aromatic heterocycles. The average Bonchev–Trinajstić information content (AvgIpc) is 3.06. The first-order valence-corrected chi connectivity index (χ1v) is 7.74. The fourth-order valence-corrected chi connectivity index (χ4v) is 2.87. The van der Waals surface area contributed by atoms with Crippen molar-refractivity contribution in [3.05, 3.63) is 46.7 Å². The van der Waals surface area contributed by atoms with E-state index in [2.05, 4.69) is 32.4 Å². The number of halogens is 1. The van der Waals surface area contributed by atoms with Crippen molar-refractivity contribution in [2.24, 2.45) is 0 Å². The molecule has 0 aliphatic carbocycles. The summed E-state index contributed by atoms with van der Waals surface area (Å²) in [7, 11) is 0. The lowest BCUT2D eigenvalue weighted by Crippen LogP contribution is -2.31. The summed E-state index contributed by atoms with van der Waals surface area (Å²) in [5.74, 6) is 1.02. The van der Waals surface area contributed by atoms with E-state index in [1.165, 1.54) is 5.56 Å². The third-order valence-electron chi connectivity index (χ3n) is 3.44. The largest absolute Gasteiger partial charge is 0.488 e. The molecule has 5 heteroatoms. The summed E-state index contributed by atoms with van der Waals surface area (Å²) in [6, 6.07) is 8.16. The number of aromatic nitrogens is 2. The molecule has 1 N–H and O–H groups in total. The van der Waals surface area contributed by atoms with Gasteiger partial charge in [0.2, 0.25) is 0 Å². The monoisotopic (exact) mass is 335 g/mol. The number of hydrogen-bond donors (Lipinski definition) is 1. The maximum Gasteiger partial charge on any atom is 0.123 e. The topological polar surface area (TPSA) is 39.1 Å². The lowest BCUT2D eigenvalue weighted by atomic mass is 10.1. The van der Waals surface area contributed by atoms with Gasteiger partial charge in [-0.25, -0.2) is 0 Å². The highest BCUT2D eigenvalue weighted by molar-refractivity contribution is 9.10. The van der Waals surface area contributed by atoms with E-state index in [-0.39, 0.29) is 6.10 Å². The molecule has 0 saturated heterocycles. The molecule has 1 aliphatic heterocycles. The molecule has 2 heterocycles. The summed E-state index contributed by atoms with van der Waals surface area (Å²) in [5, 5.41) is 7.65. The third kappa shape index (κ3) is 3.41. The van der Waals surface area contributed by atoms with E-state index in [0.29, 0.717) is 0 Å². The van der Waals surface area contributed by atoms with Gasteiger partial charge in [0, 0.05) is 36.4 Å². The van der Waals surface area contributed by atoms with Gasteiger partial charge in [-0.2, -0.15) is 5.10 Å². The Morgan fingerprint density at radius 1 is 1.45 bits per heavy atom. The van der Waals surface area contributed by atoms with Crippen molar-refractivity contribution >= 4 is 15.9 Å². The second-order valence-corrected chi connectivity index (χ2v) is 5.94. The quantitative estimate of drug-likeness (QED) is 0.825. The van der Waals surface area contributed by atoms with Gasteiger partial charge in [0.25, 0.3) is 0 Å². The zero-order chi connectivity index (χ0) is 13.8. The highest BCUT2D eigenvalue weighted by atomic mass is 79.9. The molecule has 0 saturated carbocycles. The maximum absolute atomic E-state index is 5.91. The van der Waals surface area contributed by atoms with E-state index < -0.39 is 0 Å². The second-order valence-electron chi connectivity index (χ2n) is 5.02. The van der Waals surface area contributed by atoms with Crippen LogP contribution in [0.15, 0.2) is 41.1 Å². The summed E-state index contributed by atoms with van der Waals surface area (Å²) in [4.78, 5) is 0. The van der Waals surface area contributed by atoms with E-state index >= 15 is 0 Å². The molecule has 3 rings (SSSR count). The molecule has 0 spiro atoms. The fourth-order valence-electron chi connectivity index (χ4n) is 2.46. The average molecular weight is 336 g/mol. The standard InChI is InChI=1S/C15H18BrN3O/c16-13-3-4-15-12(9-13)10-14(20-15)11-17-5-1-7-19-8-2-6-18-19/h2-4,6,8-9,14,17H,1,5,7,10-11H2. The highest BCUT2D eigenvalue weighted by Crippen LogP contribution is 2.30. The first kappa shape index (κ1) is 13.6. The Bertz CT molecular complexity index is 556. The number of fused-ring (bicyclic) bond motifs is 1. The predicted octanol–water partition coefficient (Wildman–Crippen LogP) is 2.63. The van der Waals surface area contributed by atoms with Crippen molar-refractivity contribution in [1.29, 1.82) is 0 Å². The van der Waals surface area contributed by atoms with Gasteiger partial charge in [-0.05, 0) is 42.8 Å². The smallest absolute Gasteiger partial charge is 0.123 e. The third-order valence-corrected chi connectivity index (χ3v) is 3.93. The second kappa shape index (κ2) is 6.41. The van der Waals surface area contributed by atoms with Crippen molar-refractivity contribution in [1.82, 2.24) is 15.1 Å². The minimum absolute atomic E-state index is 0.254. The Hall–Kier alpha value is -1.33. The molecule has 2 aromatic rings. The van der Waals surface area contributed by atoms with Crippen molar-refractivity contribution in [2.45, 2.75) is 25.5 Å². The fraction of sp³-hybridized carbons (Fsp3) is 0.400. The van der Waals surface area contributed by atoms with Gasteiger partial charge in [-0.15, -0.1) is 0 Å². The minimum atomic E-state index is 0.254. The van der Waals surface area contributed by atoms with E-state index in [0.717, 1.165) is 42.7 Å². The molecule has 4 nitrogen and oxygen atoms in total. The molecule has 106 valence electrons. The van der Waals surface area contributed by atoms with Crippen LogP contribution in [0, 0.1) is 0 Å². The Morgan fingerprint density at radius 3 is 3.25 bits per heavy atom. The van der Waals surface area contributed by atoms with E-state index in [4.69, 9.17) is 4.74 Å². The van der Waals surface area contributed by atoms with Gasteiger partial charge in [-0.3, -0.25) is 4.68 Å². The number of nitrogens with zero attached hydrogens (tertiary/aromatic N) is 2. The molecule has 20 heavy (non-hydrogen) atoms. The van der Waals surface area contributed by atoms with E-state index in [9.17, 15) is 0 Å². The summed E-state index contributed by atoms with van der Waals surface area (Å²) >= 11 is 3.50. The predicted molar refractivity (Wildman–Crippen MR) is 82.0 cm³/mol. The van der Waals surface area contributed by atoms with Crippen LogP contribution in [0.2, 0.25) is 0 Å². The van der Waals surface area contributed by atoms with Crippen LogP contribution in [0.4, 0.5) is 0 Å². The van der Waals surface area contributed by atoms with Gasteiger partial charge >= 0.3 is 0 Å². The molecular formula is C15H18BrN3O. The van der Waals surface area contributed by atoms with Crippen LogP contribution >= 0.6 is 15.9 Å². The van der Waals surface area contributed by atoms with Crippen LogP contribution in [0.3, 0.4) is 0 Å². The highest BCUT2D eigenvalue weighted by Gasteiger charge is 2.22. The zero-order valence-corrected chi connectivity index (χ0v) is 12.8. The van der Waals surface area contributed by atoms with Crippen LogP contribution in [0.1, 0.15) is 12.0 Å². The number of aryl methyl sites for hydroxylation is 1. The number of nitrogens with one attached hydrogen (secondary N) is 1. The first-order valence-electron chi connectivity index (χ1n) is 6.94. The molecule has 0 fully saturated rings. The molecule has 1 atom stereocenters. The number of rotatable bonds is 6. The van der Waals surface area contributed by atoms with Crippen LogP contribution in [-0.4, -0.2) is 29.0 Å². The van der Waals surface area contributed by atoms with Crippen LogP contribution in [0.25, 0.3) is 0 Å².